The Bertz CT molecular complexity index is 1710. The molecule has 0 aromatic carbocycles. The molecule has 6 heteroatoms. The van der Waals surface area contributed by atoms with Crippen LogP contribution in [0.2, 0.25) is 0 Å². The first-order valence-corrected chi connectivity index (χ1v) is 30.0. The summed E-state index contributed by atoms with van der Waals surface area (Å²) in [5.74, 6) is -0.972. The molecule has 1 atom stereocenters. The van der Waals surface area contributed by atoms with E-state index in [1.54, 1.807) is 0 Å². The first-order valence-electron chi connectivity index (χ1n) is 30.0. The number of carbonyl (C=O) groups excluding carboxylic acids is 3. The summed E-state index contributed by atoms with van der Waals surface area (Å²) in [6.45, 7) is 6.31. The van der Waals surface area contributed by atoms with Crippen LogP contribution in [0.3, 0.4) is 0 Å². The highest BCUT2D eigenvalue weighted by atomic mass is 16.6. The van der Waals surface area contributed by atoms with Crippen LogP contribution in [0.4, 0.5) is 0 Å². The van der Waals surface area contributed by atoms with E-state index in [0.717, 1.165) is 141 Å². The predicted molar refractivity (Wildman–Crippen MR) is 325 cm³/mol. The Hall–Kier alpha value is -4.97. The monoisotopic (exact) mass is 1030 g/mol. The average molecular weight is 1030 g/mol. The number of rotatable bonds is 52. The molecule has 0 spiro atoms. The van der Waals surface area contributed by atoms with Gasteiger partial charge in [0.25, 0.3) is 0 Å². The van der Waals surface area contributed by atoms with Crippen molar-refractivity contribution in [2.24, 2.45) is 0 Å². The van der Waals surface area contributed by atoms with Crippen molar-refractivity contribution in [3.8, 4) is 0 Å². The molecule has 0 heterocycles. The third-order valence-corrected chi connectivity index (χ3v) is 12.0. The van der Waals surface area contributed by atoms with Crippen molar-refractivity contribution < 1.29 is 28.6 Å². The van der Waals surface area contributed by atoms with Crippen LogP contribution < -0.4 is 0 Å². The molecule has 0 aromatic heterocycles. The lowest BCUT2D eigenvalue weighted by atomic mass is 10.1. The van der Waals surface area contributed by atoms with Crippen molar-refractivity contribution in [3.05, 3.63) is 158 Å². The van der Waals surface area contributed by atoms with Crippen LogP contribution in [0.5, 0.6) is 0 Å². The van der Waals surface area contributed by atoms with Gasteiger partial charge in [0.2, 0.25) is 0 Å². The summed E-state index contributed by atoms with van der Waals surface area (Å²) in [5.41, 5.74) is 0. The maximum Gasteiger partial charge on any atom is 0.306 e. The molecule has 1 unspecified atom stereocenters. The van der Waals surface area contributed by atoms with Gasteiger partial charge in [0.05, 0.1) is 0 Å². The first kappa shape index (κ1) is 70.0. The average Bonchev–Trinajstić information content (AvgIpc) is 3.41. The van der Waals surface area contributed by atoms with Crippen molar-refractivity contribution in [2.75, 3.05) is 13.2 Å². The van der Waals surface area contributed by atoms with Crippen LogP contribution in [0.25, 0.3) is 0 Å². The quantitative estimate of drug-likeness (QED) is 0.0261. The number of unbranched alkanes of at least 4 members (excludes halogenated alkanes) is 15. The molecule has 75 heavy (non-hydrogen) atoms. The Morgan fingerprint density at radius 3 is 0.840 bits per heavy atom. The van der Waals surface area contributed by atoms with Crippen molar-refractivity contribution in [2.45, 2.75) is 245 Å². The molecular weight excluding hydrogens is 925 g/mol. The minimum Gasteiger partial charge on any atom is -0.462 e. The van der Waals surface area contributed by atoms with Gasteiger partial charge in [-0.1, -0.05) is 249 Å². The first-order chi connectivity index (χ1) is 37.0. The third kappa shape index (κ3) is 59.8. The summed E-state index contributed by atoms with van der Waals surface area (Å²) in [7, 11) is 0. The van der Waals surface area contributed by atoms with Gasteiger partial charge in [0.15, 0.2) is 6.10 Å². The maximum absolute atomic E-state index is 12.8. The number of hydrogen-bond acceptors (Lipinski definition) is 6. The second-order valence-electron chi connectivity index (χ2n) is 19.1. The summed E-state index contributed by atoms with van der Waals surface area (Å²) >= 11 is 0. The van der Waals surface area contributed by atoms with Crippen molar-refractivity contribution in [3.63, 3.8) is 0 Å². The SMILES string of the molecule is CC/C=C\C/C=C\C/C=C\C/C=C\C/C=C\C/C=C\C/C=C\C/C=C\C/C=C\C/C=C\CCCCC(=O)OCC(COC(=O)CCCCCCCCC)OC(=O)CCCCCCCCC/C=C\C/C=C\C/C=C\CC. The number of hydrogen-bond donors (Lipinski definition) is 0. The predicted octanol–water partition coefficient (Wildman–Crippen LogP) is 20.5. The van der Waals surface area contributed by atoms with Crippen LogP contribution in [-0.4, -0.2) is 37.2 Å². The molecule has 0 aliphatic heterocycles. The summed E-state index contributed by atoms with van der Waals surface area (Å²) < 4.78 is 16.7. The van der Waals surface area contributed by atoms with Crippen LogP contribution in [-0.2, 0) is 28.6 Å². The zero-order chi connectivity index (χ0) is 54.3. The second kappa shape index (κ2) is 61.6. The largest absolute Gasteiger partial charge is 0.462 e. The summed E-state index contributed by atoms with van der Waals surface area (Å²) in [6, 6.07) is 0. The highest BCUT2D eigenvalue weighted by Crippen LogP contribution is 2.13. The van der Waals surface area contributed by atoms with E-state index in [-0.39, 0.29) is 31.1 Å². The van der Waals surface area contributed by atoms with E-state index in [0.29, 0.717) is 25.7 Å². The molecular formula is C69H108O6. The van der Waals surface area contributed by atoms with Gasteiger partial charge in [-0.05, 0) is 128 Å². The van der Waals surface area contributed by atoms with Gasteiger partial charge in [0, 0.05) is 19.3 Å². The summed E-state index contributed by atoms with van der Waals surface area (Å²) in [5, 5.41) is 0. The van der Waals surface area contributed by atoms with Gasteiger partial charge >= 0.3 is 17.9 Å². The molecule has 0 aliphatic carbocycles. The zero-order valence-corrected chi connectivity index (χ0v) is 48.0. The number of ether oxygens (including phenoxy) is 3. The summed E-state index contributed by atoms with van der Waals surface area (Å²) in [4.78, 5) is 38.0. The van der Waals surface area contributed by atoms with Gasteiger partial charge in [-0.3, -0.25) is 14.4 Å². The molecule has 0 bridgehead atoms. The standard InChI is InChI=1S/C69H108O6/c1-4-7-10-13-16-18-20-22-24-26-27-28-29-30-31-32-33-34-35-36-37-38-39-40-41-43-44-46-48-50-53-56-59-62-68(71)74-65-66(64-73-67(70)61-58-55-52-15-12-9-6-3)75-69(72)63-60-57-54-51-49-47-45-42-25-23-21-19-17-14-11-8-5-2/h7-8,10-11,16-19,22-25,27-28,30-31,33-34,36-37,39-40,43-44,48,50,66H,4-6,9,12-15,20-21,26,29,32,35,38,41-42,45-47,49,51-65H2,1-3H3/b10-7-,11-8-,18-16-,19-17-,24-22-,25-23-,28-27-,31-30-,34-33-,37-36-,40-39-,44-43-,50-48-. The Morgan fingerprint density at radius 2 is 0.520 bits per heavy atom. The van der Waals surface area contributed by atoms with E-state index < -0.39 is 6.10 Å². The minimum atomic E-state index is -0.805. The lowest BCUT2D eigenvalue weighted by molar-refractivity contribution is -0.167. The van der Waals surface area contributed by atoms with Gasteiger partial charge < -0.3 is 14.2 Å². The molecule has 0 saturated heterocycles. The molecule has 0 amide bonds. The Labute approximate surface area is 460 Å². The lowest BCUT2D eigenvalue weighted by Gasteiger charge is -2.18. The molecule has 0 aliphatic rings. The number of carbonyl (C=O) groups is 3. The van der Waals surface area contributed by atoms with Crippen LogP contribution >= 0.6 is 0 Å². The zero-order valence-electron chi connectivity index (χ0n) is 48.0. The van der Waals surface area contributed by atoms with E-state index >= 15 is 0 Å². The fraction of sp³-hybridized carbons (Fsp3) is 0.580. The molecule has 0 fully saturated rings. The molecule has 0 N–H and O–H groups in total. The topological polar surface area (TPSA) is 78.9 Å². The summed E-state index contributed by atoms with van der Waals surface area (Å²) in [6.07, 6.45) is 89.8. The van der Waals surface area contributed by atoms with E-state index in [9.17, 15) is 14.4 Å². The smallest absolute Gasteiger partial charge is 0.306 e. The van der Waals surface area contributed by atoms with Gasteiger partial charge in [0.1, 0.15) is 13.2 Å². The molecule has 0 aromatic rings. The molecule has 420 valence electrons. The van der Waals surface area contributed by atoms with E-state index in [1.807, 2.05) is 0 Å². The van der Waals surface area contributed by atoms with Crippen molar-refractivity contribution in [1.29, 1.82) is 0 Å². The highest BCUT2D eigenvalue weighted by Gasteiger charge is 2.19. The molecule has 0 rings (SSSR count). The van der Waals surface area contributed by atoms with Crippen molar-refractivity contribution >= 4 is 17.9 Å². The van der Waals surface area contributed by atoms with Crippen LogP contribution in [0, 0.1) is 0 Å². The number of allylic oxidation sites excluding steroid dienone is 26. The lowest BCUT2D eigenvalue weighted by Crippen LogP contribution is -2.30. The maximum atomic E-state index is 12.8. The molecule has 6 nitrogen and oxygen atoms in total. The third-order valence-electron chi connectivity index (χ3n) is 12.0. The number of esters is 3. The fourth-order valence-corrected chi connectivity index (χ4v) is 7.60. The van der Waals surface area contributed by atoms with E-state index in [2.05, 4.69) is 179 Å². The minimum absolute atomic E-state index is 0.101. The Balaban J connectivity index is 4.28. The normalized spacial score (nSPS) is 13.3. The molecule has 0 saturated carbocycles. The fourth-order valence-electron chi connectivity index (χ4n) is 7.60. The van der Waals surface area contributed by atoms with Gasteiger partial charge in [-0.15, -0.1) is 0 Å². The van der Waals surface area contributed by atoms with E-state index in [4.69, 9.17) is 14.2 Å². The Kier molecular flexibility index (Phi) is 57.5. The Morgan fingerprint density at radius 1 is 0.280 bits per heavy atom. The van der Waals surface area contributed by atoms with Gasteiger partial charge in [-0.25, -0.2) is 0 Å². The van der Waals surface area contributed by atoms with Crippen LogP contribution in [0.15, 0.2) is 158 Å². The van der Waals surface area contributed by atoms with Crippen molar-refractivity contribution in [1.82, 2.24) is 0 Å². The second-order valence-corrected chi connectivity index (χ2v) is 19.1. The van der Waals surface area contributed by atoms with Gasteiger partial charge in [-0.2, -0.15) is 0 Å². The molecule has 0 radical (unpaired) electrons. The highest BCUT2D eigenvalue weighted by molar-refractivity contribution is 5.71. The van der Waals surface area contributed by atoms with E-state index in [1.165, 1.54) is 51.4 Å². The van der Waals surface area contributed by atoms with Crippen LogP contribution in [0.1, 0.15) is 239 Å².